The topological polar surface area (TPSA) is 92.3 Å². The van der Waals surface area contributed by atoms with Gasteiger partial charge in [-0.3, -0.25) is 4.79 Å². The second kappa shape index (κ2) is 14.7. The minimum Gasteiger partial charge on any atom is -0.493 e. The molecule has 0 saturated heterocycles. The molecule has 1 unspecified atom stereocenters. The number of esters is 1. The summed E-state index contributed by atoms with van der Waals surface area (Å²) in [7, 11) is 3.10. The van der Waals surface area contributed by atoms with Crippen molar-refractivity contribution in [1.29, 1.82) is 0 Å². The number of hydrogen-bond acceptors (Lipinski definition) is 8. The lowest BCUT2D eigenvalue weighted by molar-refractivity contribution is -0.154. The first kappa shape index (κ1) is 30.3. The predicted octanol–water partition coefficient (Wildman–Crippen LogP) is 5.62. The summed E-state index contributed by atoms with van der Waals surface area (Å²) in [6, 6.07) is 11.7. The van der Waals surface area contributed by atoms with Crippen LogP contribution in [-0.2, 0) is 30.6 Å². The summed E-state index contributed by atoms with van der Waals surface area (Å²) >= 11 is 1.02. The standard InChI is InChI=1S/C28H39NO7S/c1-19-8-9-21(12-20(19)2)13-23(16-34-26(30)28(3,4)5)15-29-27(31)36-37-17-22-10-11-24(35-18-32-6)25(14-22)33-7/h8-12,14,23H,13,15-18H2,1-7H3,(H,29,31). The fourth-order valence-corrected chi connectivity index (χ4v) is 3.86. The summed E-state index contributed by atoms with van der Waals surface area (Å²) < 4.78 is 26.6. The predicted molar refractivity (Wildman–Crippen MR) is 145 cm³/mol. The molecule has 0 heterocycles. The van der Waals surface area contributed by atoms with Crippen LogP contribution in [0, 0.1) is 25.2 Å². The van der Waals surface area contributed by atoms with Crippen LogP contribution in [0.3, 0.4) is 0 Å². The molecule has 2 rings (SSSR count). The van der Waals surface area contributed by atoms with Crippen LogP contribution in [0.25, 0.3) is 0 Å². The number of aryl methyl sites for hydroxylation is 2. The Labute approximate surface area is 224 Å². The van der Waals surface area contributed by atoms with Crippen molar-refractivity contribution in [3.63, 3.8) is 0 Å². The maximum absolute atomic E-state index is 12.4. The molecule has 1 amide bonds. The molecule has 2 aromatic carbocycles. The van der Waals surface area contributed by atoms with Crippen molar-refractivity contribution >= 4 is 24.1 Å². The number of nitrogens with one attached hydrogen (secondary N) is 1. The van der Waals surface area contributed by atoms with E-state index in [2.05, 4.69) is 37.4 Å². The van der Waals surface area contributed by atoms with Gasteiger partial charge in [-0.1, -0.05) is 24.3 Å². The Morgan fingerprint density at radius 1 is 0.973 bits per heavy atom. The Hall–Kier alpha value is -2.91. The van der Waals surface area contributed by atoms with Crippen LogP contribution >= 0.6 is 12.0 Å². The van der Waals surface area contributed by atoms with Crippen LogP contribution in [0.1, 0.15) is 43.0 Å². The Kier molecular flexibility index (Phi) is 12.1. The van der Waals surface area contributed by atoms with E-state index in [1.165, 1.54) is 11.1 Å². The zero-order valence-corrected chi connectivity index (χ0v) is 23.7. The highest BCUT2D eigenvalue weighted by Gasteiger charge is 2.24. The second-order valence-electron chi connectivity index (χ2n) is 9.89. The van der Waals surface area contributed by atoms with E-state index in [-0.39, 0.29) is 25.3 Å². The van der Waals surface area contributed by atoms with Crippen molar-refractivity contribution in [3.05, 3.63) is 58.7 Å². The summed E-state index contributed by atoms with van der Waals surface area (Å²) in [5.74, 6) is 1.20. The highest BCUT2D eigenvalue weighted by molar-refractivity contribution is 7.94. The molecule has 0 fully saturated rings. The van der Waals surface area contributed by atoms with Gasteiger partial charge in [0.1, 0.15) is 0 Å². The van der Waals surface area contributed by atoms with Gasteiger partial charge >= 0.3 is 12.1 Å². The largest absolute Gasteiger partial charge is 0.493 e. The molecule has 8 nitrogen and oxygen atoms in total. The van der Waals surface area contributed by atoms with E-state index in [4.69, 9.17) is 23.1 Å². The highest BCUT2D eigenvalue weighted by atomic mass is 32.2. The van der Waals surface area contributed by atoms with E-state index in [1.54, 1.807) is 20.3 Å². The summed E-state index contributed by atoms with van der Waals surface area (Å²) in [5.41, 5.74) is 3.84. The lowest BCUT2D eigenvalue weighted by Crippen LogP contribution is -2.34. The first-order valence-corrected chi connectivity index (χ1v) is 13.0. The van der Waals surface area contributed by atoms with Crippen LogP contribution < -0.4 is 14.8 Å². The third kappa shape index (κ3) is 10.5. The zero-order valence-electron chi connectivity index (χ0n) is 22.8. The Bertz CT molecular complexity index is 1040. The van der Waals surface area contributed by atoms with E-state index in [0.717, 1.165) is 23.2 Å². The summed E-state index contributed by atoms with van der Waals surface area (Å²) in [4.78, 5) is 24.7. The van der Waals surface area contributed by atoms with Crippen LogP contribution in [0.15, 0.2) is 36.4 Å². The second-order valence-corrected chi connectivity index (χ2v) is 10.6. The highest BCUT2D eigenvalue weighted by Crippen LogP contribution is 2.29. The third-order valence-electron chi connectivity index (χ3n) is 5.61. The molecule has 2 aromatic rings. The SMILES string of the molecule is COCOc1ccc(CSOC(=O)NCC(COC(=O)C(C)(C)C)Cc2ccc(C)c(C)c2)cc1OC. The van der Waals surface area contributed by atoms with Gasteiger partial charge in [0.2, 0.25) is 0 Å². The van der Waals surface area contributed by atoms with Crippen LogP contribution in [-0.4, -0.2) is 46.2 Å². The Balaban J connectivity index is 1.90. The molecule has 0 bridgehead atoms. The number of benzene rings is 2. The van der Waals surface area contributed by atoms with Crippen molar-refractivity contribution in [3.8, 4) is 11.5 Å². The lowest BCUT2D eigenvalue weighted by atomic mass is 9.96. The van der Waals surface area contributed by atoms with Gasteiger partial charge in [-0.2, -0.15) is 0 Å². The van der Waals surface area contributed by atoms with E-state index in [1.807, 2.05) is 32.9 Å². The molecule has 0 aromatic heterocycles. The molecule has 204 valence electrons. The van der Waals surface area contributed by atoms with E-state index >= 15 is 0 Å². The van der Waals surface area contributed by atoms with Gasteiger partial charge in [0.05, 0.1) is 36.9 Å². The molecule has 0 saturated carbocycles. The van der Waals surface area contributed by atoms with Gasteiger partial charge in [-0.15, -0.1) is 0 Å². The first-order chi connectivity index (χ1) is 17.5. The number of carbonyl (C=O) groups excluding carboxylic acids is 2. The van der Waals surface area contributed by atoms with Gasteiger partial charge in [0.25, 0.3) is 0 Å². The molecule has 0 radical (unpaired) electrons. The van der Waals surface area contributed by atoms with Crippen molar-refractivity contribution < 1.29 is 32.7 Å². The van der Waals surface area contributed by atoms with Crippen molar-refractivity contribution in [2.45, 2.75) is 46.8 Å². The number of hydrogen-bond donors (Lipinski definition) is 1. The molecule has 0 aliphatic carbocycles. The quantitative estimate of drug-likeness (QED) is 0.202. The van der Waals surface area contributed by atoms with E-state index in [9.17, 15) is 9.59 Å². The minimum atomic E-state index is -0.592. The van der Waals surface area contributed by atoms with Crippen LogP contribution in [0.5, 0.6) is 11.5 Å². The molecule has 0 spiro atoms. The lowest BCUT2D eigenvalue weighted by Gasteiger charge is -2.22. The summed E-state index contributed by atoms with van der Waals surface area (Å²) in [6.45, 7) is 10.2. The Morgan fingerprint density at radius 3 is 2.35 bits per heavy atom. The number of amides is 1. The minimum absolute atomic E-state index is 0.102. The summed E-state index contributed by atoms with van der Waals surface area (Å²) in [6.07, 6.45) is 0.104. The molecule has 37 heavy (non-hydrogen) atoms. The molecular formula is C28H39NO7S. The summed E-state index contributed by atoms with van der Waals surface area (Å²) in [5, 5.41) is 2.80. The molecule has 0 aliphatic heterocycles. The van der Waals surface area contributed by atoms with Gasteiger partial charge in [0, 0.05) is 19.6 Å². The molecular weight excluding hydrogens is 494 g/mol. The number of methoxy groups -OCH3 is 2. The normalized spacial score (nSPS) is 12.0. The van der Waals surface area contributed by atoms with Crippen LogP contribution in [0.2, 0.25) is 0 Å². The molecule has 0 aliphatic rings. The van der Waals surface area contributed by atoms with Gasteiger partial charge in [-0.05, 0) is 75.4 Å². The van der Waals surface area contributed by atoms with Crippen molar-refractivity contribution in [2.75, 3.05) is 34.2 Å². The van der Waals surface area contributed by atoms with E-state index in [0.29, 0.717) is 30.2 Å². The average molecular weight is 534 g/mol. The smallest absolute Gasteiger partial charge is 0.419 e. The van der Waals surface area contributed by atoms with Gasteiger partial charge < -0.3 is 28.4 Å². The average Bonchev–Trinajstić information content (AvgIpc) is 2.86. The Morgan fingerprint density at radius 2 is 1.70 bits per heavy atom. The third-order valence-corrected chi connectivity index (χ3v) is 6.33. The van der Waals surface area contributed by atoms with Crippen molar-refractivity contribution in [1.82, 2.24) is 5.32 Å². The maximum atomic E-state index is 12.4. The number of ether oxygens (including phenoxy) is 4. The fourth-order valence-electron chi connectivity index (χ4n) is 3.32. The monoisotopic (exact) mass is 533 g/mol. The maximum Gasteiger partial charge on any atom is 0.419 e. The number of rotatable bonds is 13. The molecule has 9 heteroatoms. The van der Waals surface area contributed by atoms with Crippen LogP contribution in [0.4, 0.5) is 4.79 Å². The van der Waals surface area contributed by atoms with Gasteiger partial charge in [0.15, 0.2) is 18.3 Å². The molecule has 1 atom stereocenters. The zero-order chi connectivity index (χ0) is 27.4. The van der Waals surface area contributed by atoms with Crippen molar-refractivity contribution in [2.24, 2.45) is 11.3 Å². The fraction of sp³-hybridized carbons (Fsp3) is 0.500. The molecule has 1 N–H and O–H groups in total. The van der Waals surface area contributed by atoms with Gasteiger partial charge in [-0.25, -0.2) is 4.79 Å². The number of carbonyl (C=O) groups is 2. The first-order valence-electron chi connectivity index (χ1n) is 12.1. The van der Waals surface area contributed by atoms with E-state index < -0.39 is 11.5 Å².